The van der Waals surface area contributed by atoms with Gasteiger partial charge in [0.1, 0.15) is 12.2 Å². The summed E-state index contributed by atoms with van der Waals surface area (Å²) in [5.41, 5.74) is 0.954. The second kappa shape index (κ2) is 7.49. The fraction of sp³-hybridized carbons (Fsp3) is 0.316. The van der Waals surface area contributed by atoms with Gasteiger partial charge in [0.2, 0.25) is 0 Å². The van der Waals surface area contributed by atoms with Crippen molar-refractivity contribution in [3.63, 3.8) is 0 Å². The molecule has 1 aromatic heterocycles. The summed E-state index contributed by atoms with van der Waals surface area (Å²) in [5, 5.41) is 8.10. The van der Waals surface area contributed by atoms with E-state index in [2.05, 4.69) is 42.4 Å². The molecule has 1 aliphatic rings. The summed E-state index contributed by atoms with van der Waals surface area (Å²) in [4.78, 5) is 11.6. The quantitative estimate of drug-likeness (QED) is 0.822. The summed E-state index contributed by atoms with van der Waals surface area (Å²) in [6, 6.07) is 9.35. The van der Waals surface area contributed by atoms with Crippen molar-refractivity contribution in [2.75, 3.05) is 18.5 Å². The average Bonchev–Trinajstić information content (AvgIpc) is 3.16. The van der Waals surface area contributed by atoms with Gasteiger partial charge in [-0.15, -0.1) is 11.3 Å². The average molecular weight is 356 g/mol. The van der Waals surface area contributed by atoms with Crippen LogP contribution >= 0.6 is 11.3 Å². The molecule has 0 fully saturated rings. The van der Waals surface area contributed by atoms with Crippen LogP contribution in [0.2, 0.25) is 0 Å². The Kier molecular flexibility index (Phi) is 5.15. The summed E-state index contributed by atoms with van der Waals surface area (Å²) in [7, 11) is 0. The van der Waals surface area contributed by atoms with Crippen LogP contribution in [0.3, 0.4) is 0 Å². The van der Waals surface area contributed by atoms with Crippen molar-refractivity contribution in [3.05, 3.63) is 41.3 Å². The lowest BCUT2D eigenvalue weighted by Gasteiger charge is -2.17. The number of ether oxygens (including phenoxy) is 2. The summed E-state index contributed by atoms with van der Waals surface area (Å²) in [6.07, 6.45) is 0.870. The highest BCUT2D eigenvalue weighted by molar-refractivity contribution is 7.14. The van der Waals surface area contributed by atoms with Crippen LogP contribution in [0.15, 0.2) is 35.7 Å². The van der Waals surface area contributed by atoms with E-state index in [9.17, 15) is 4.79 Å². The van der Waals surface area contributed by atoms with E-state index in [1.54, 1.807) is 0 Å². The fourth-order valence-corrected chi connectivity index (χ4v) is 3.17. The first kappa shape index (κ1) is 17.2. The van der Waals surface area contributed by atoms with Crippen LogP contribution < -0.4 is 20.1 Å². The van der Waals surface area contributed by atoms with E-state index < -0.39 is 0 Å². The van der Waals surface area contributed by atoms with E-state index in [4.69, 9.17) is 9.47 Å². The van der Waals surface area contributed by atoms with Gasteiger partial charge >= 0.3 is 6.03 Å². The van der Waals surface area contributed by atoms with E-state index >= 15 is 0 Å². The Labute approximate surface area is 151 Å². The Morgan fingerprint density at radius 3 is 3.00 bits per heavy atom. The van der Waals surface area contributed by atoms with Gasteiger partial charge in [-0.1, -0.05) is 24.0 Å². The van der Waals surface area contributed by atoms with E-state index in [0.717, 1.165) is 22.7 Å². The number of hydrogen-bond acceptors (Lipinski definition) is 4. The van der Waals surface area contributed by atoms with Crippen molar-refractivity contribution in [1.82, 2.24) is 5.32 Å². The number of carbonyl (C=O) groups excluding carboxylic acids is 1. The van der Waals surface area contributed by atoms with E-state index in [0.29, 0.717) is 5.75 Å². The van der Waals surface area contributed by atoms with Crippen LogP contribution in [0.1, 0.15) is 19.4 Å². The predicted octanol–water partition coefficient (Wildman–Crippen LogP) is 3.67. The van der Waals surface area contributed by atoms with Crippen molar-refractivity contribution in [2.24, 2.45) is 0 Å². The molecule has 25 heavy (non-hydrogen) atoms. The maximum atomic E-state index is 11.6. The van der Waals surface area contributed by atoms with Crippen LogP contribution in [0.5, 0.6) is 11.5 Å². The van der Waals surface area contributed by atoms with Crippen molar-refractivity contribution >= 4 is 22.4 Å². The molecule has 0 aliphatic carbocycles. The van der Waals surface area contributed by atoms with Gasteiger partial charge < -0.3 is 14.8 Å². The zero-order valence-corrected chi connectivity index (χ0v) is 15.0. The summed E-state index contributed by atoms with van der Waals surface area (Å²) in [6.45, 7) is 4.62. The highest BCUT2D eigenvalue weighted by Gasteiger charge is 2.32. The molecule has 3 rings (SSSR count). The topological polar surface area (TPSA) is 59.6 Å². The van der Waals surface area contributed by atoms with Crippen LogP contribution in [0.4, 0.5) is 9.80 Å². The van der Waals surface area contributed by atoms with Gasteiger partial charge in [-0.3, -0.25) is 5.32 Å². The molecule has 5 nitrogen and oxygen atoms in total. The number of hydrogen-bond donors (Lipinski definition) is 2. The van der Waals surface area contributed by atoms with Gasteiger partial charge in [-0.2, -0.15) is 0 Å². The lowest BCUT2D eigenvalue weighted by molar-refractivity contribution is 0.133. The number of fused-ring (bicyclic) bond motifs is 1. The molecule has 0 unspecified atom stereocenters. The zero-order valence-electron chi connectivity index (χ0n) is 14.2. The molecule has 0 saturated heterocycles. The third-order valence-corrected chi connectivity index (χ3v) is 4.36. The van der Waals surface area contributed by atoms with Gasteiger partial charge in [0, 0.05) is 12.0 Å². The van der Waals surface area contributed by atoms with Gasteiger partial charge in [0.25, 0.3) is 0 Å². The second-order valence-electron chi connectivity index (χ2n) is 6.21. The molecule has 2 heterocycles. The SMILES string of the molecule is CC1(C)Cc2cccc(OCC#CCNC(=O)Nc3cccs3)c2O1. The first-order valence-electron chi connectivity index (χ1n) is 8.01. The Hall–Kier alpha value is -2.65. The zero-order chi connectivity index (χ0) is 17.7. The summed E-state index contributed by atoms with van der Waals surface area (Å²) in [5.74, 6) is 7.28. The largest absolute Gasteiger partial charge is 0.483 e. The first-order chi connectivity index (χ1) is 12.0. The van der Waals surface area contributed by atoms with Gasteiger partial charge in [-0.05, 0) is 37.4 Å². The monoisotopic (exact) mass is 356 g/mol. The molecule has 1 aromatic carbocycles. The van der Waals surface area contributed by atoms with Crippen LogP contribution in [-0.2, 0) is 6.42 Å². The number of thiophene rings is 1. The maximum absolute atomic E-state index is 11.6. The number of urea groups is 1. The van der Waals surface area contributed by atoms with E-state index in [-0.39, 0.29) is 24.8 Å². The van der Waals surface area contributed by atoms with E-state index in [1.165, 1.54) is 11.3 Å². The highest BCUT2D eigenvalue weighted by atomic mass is 32.1. The molecule has 2 aromatic rings. The van der Waals surface area contributed by atoms with Crippen molar-refractivity contribution in [3.8, 4) is 23.3 Å². The standard InChI is InChI=1S/C19H20N2O3S/c1-19(2)13-14-7-5-8-15(17(14)24-19)23-11-4-3-10-20-18(22)21-16-9-6-12-25-16/h5-9,12H,10-11,13H2,1-2H3,(H2,20,21,22). The molecule has 0 bridgehead atoms. The van der Waals surface area contributed by atoms with Gasteiger partial charge in [0.05, 0.1) is 11.5 Å². The third kappa shape index (κ3) is 4.68. The number of rotatable bonds is 4. The van der Waals surface area contributed by atoms with E-state index in [1.807, 2.05) is 29.6 Å². The molecule has 0 saturated carbocycles. The fourth-order valence-electron chi connectivity index (χ4n) is 2.56. The van der Waals surface area contributed by atoms with Crippen molar-refractivity contribution in [1.29, 1.82) is 0 Å². The molecule has 2 N–H and O–H groups in total. The number of nitrogens with one attached hydrogen (secondary N) is 2. The number of para-hydroxylation sites is 1. The van der Waals surface area contributed by atoms with Crippen molar-refractivity contribution < 1.29 is 14.3 Å². The third-order valence-electron chi connectivity index (χ3n) is 3.58. The normalized spacial score (nSPS) is 13.8. The number of carbonyl (C=O) groups is 1. The van der Waals surface area contributed by atoms with Gasteiger partial charge in [0.15, 0.2) is 11.5 Å². The van der Waals surface area contributed by atoms with Crippen LogP contribution in [-0.4, -0.2) is 24.8 Å². The molecule has 2 amide bonds. The molecule has 0 spiro atoms. The minimum absolute atomic E-state index is 0.201. The first-order valence-corrected chi connectivity index (χ1v) is 8.89. The molecule has 0 radical (unpaired) electrons. The molecular formula is C19H20N2O3S. The molecule has 0 atom stereocenters. The lowest BCUT2D eigenvalue weighted by atomic mass is 10.0. The Balaban J connectivity index is 1.43. The minimum Gasteiger partial charge on any atom is -0.483 e. The lowest BCUT2D eigenvalue weighted by Crippen LogP contribution is -2.28. The minimum atomic E-state index is -0.269. The summed E-state index contributed by atoms with van der Waals surface area (Å²) < 4.78 is 11.7. The highest BCUT2D eigenvalue weighted by Crippen LogP contribution is 2.41. The molecular weight excluding hydrogens is 336 g/mol. The Morgan fingerprint density at radius 1 is 1.32 bits per heavy atom. The number of benzene rings is 1. The number of amides is 2. The molecule has 6 heteroatoms. The molecule has 1 aliphatic heterocycles. The van der Waals surface area contributed by atoms with Gasteiger partial charge in [-0.25, -0.2) is 4.79 Å². The van der Waals surface area contributed by atoms with Crippen LogP contribution in [0.25, 0.3) is 0 Å². The predicted molar refractivity (Wildman–Crippen MR) is 99.5 cm³/mol. The second-order valence-corrected chi connectivity index (χ2v) is 7.16. The Bertz CT molecular complexity index is 804. The smallest absolute Gasteiger partial charge is 0.320 e. The maximum Gasteiger partial charge on any atom is 0.320 e. The Morgan fingerprint density at radius 2 is 2.20 bits per heavy atom. The van der Waals surface area contributed by atoms with Crippen LogP contribution in [0, 0.1) is 11.8 Å². The van der Waals surface area contributed by atoms with Crippen molar-refractivity contribution in [2.45, 2.75) is 25.9 Å². The summed E-state index contributed by atoms with van der Waals surface area (Å²) >= 11 is 1.47. The number of anilines is 1. The molecule has 130 valence electrons.